The van der Waals surface area contributed by atoms with Crippen LogP contribution in [-0.2, 0) is 16.0 Å². The summed E-state index contributed by atoms with van der Waals surface area (Å²) in [6.45, 7) is 8.59. The van der Waals surface area contributed by atoms with E-state index in [1.165, 1.54) is 49.2 Å². The van der Waals surface area contributed by atoms with E-state index in [2.05, 4.69) is 35.2 Å². The average Bonchev–Trinajstić information content (AvgIpc) is 2.86. The quantitative estimate of drug-likeness (QED) is 0.699. The third-order valence-electron chi connectivity index (χ3n) is 6.47. The van der Waals surface area contributed by atoms with Crippen molar-refractivity contribution in [2.75, 3.05) is 33.3 Å². The SMILES string of the molecule is CC.CO[C@H]1CN2CCC1CC2.O=CN1CCc2ccccc2C1c1ccccc1. The molecule has 0 radical (unpaired) electrons. The van der Waals surface area contributed by atoms with Gasteiger partial charge in [-0.1, -0.05) is 68.4 Å². The molecular weight excluding hydrogens is 372 g/mol. The summed E-state index contributed by atoms with van der Waals surface area (Å²) in [7, 11) is 1.84. The second-order valence-electron chi connectivity index (χ2n) is 8.02. The van der Waals surface area contributed by atoms with Gasteiger partial charge in [-0.05, 0) is 55.0 Å². The van der Waals surface area contributed by atoms with Crippen molar-refractivity contribution >= 4 is 6.41 Å². The Labute approximate surface area is 181 Å². The zero-order valence-electron chi connectivity index (χ0n) is 18.7. The van der Waals surface area contributed by atoms with Gasteiger partial charge in [0.05, 0.1) is 12.1 Å². The Bertz CT molecular complexity index is 772. The third kappa shape index (κ3) is 5.11. The number of methoxy groups -OCH3 is 1. The summed E-state index contributed by atoms with van der Waals surface area (Å²) in [6, 6.07) is 18.7. The van der Waals surface area contributed by atoms with E-state index in [0.717, 1.165) is 25.3 Å². The summed E-state index contributed by atoms with van der Waals surface area (Å²) in [4.78, 5) is 15.7. The molecule has 4 heterocycles. The van der Waals surface area contributed by atoms with E-state index in [9.17, 15) is 4.79 Å². The summed E-state index contributed by atoms with van der Waals surface area (Å²) in [6.07, 6.45) is 5.17. The van der Waals surface area contributed by atoms with Crippen LogP contribution in [-0.4, -0.2) is 55.6 Å². The number of benzene rings is 2. The molecule has 4 aliphatic rings. The average molecular weight is 409 g/mol. The number of ether oxygens (including phenoxy) is 1. The lowest BCUT2D eigenvalue weighted by atomic mass is 9.86. The van der Waals surface area contributed by atoms with Gasteiger partial charge in [0.25, 0.3) is 0 Å². The standard InChI is InChI=1S/C16H15NO.C8H15NO.C2H6/c18-12-17-11-10-13-6-4-5-9-15(13)16(17)14-7-2-1-3-8-14;1-10-8-6-9-4-2-7(8)3-5-9;1-2/h1-9,12,16H,10-11H2;7-8H,2-6H2,1H3;1-2H3/t;8-;/m.0./s1. The highest BCUT2D eigenvalue weighted by Gasteiger charge is 2.33. The van der Waals surface area contributed by atoms with Crippen LogP contribution in [0.4, 0.5) is 0 Å². The summed E-state index contributed by atoms with van der Waals surface area (Å²) in [5.74, 6) is 0.870. The van der Waals surface area contributed by atoms with Gasteiger partial charge in [-0.15, -0.1) is 0 Å². The first-order valence-corrected chi connectivity index (χ1v) is 11.4. The number of carbonyl (C=O) groups excluding carboxylic acids is 1. The lowest BCUT2D eigenvalue weighted by Crippen LogP contribution is -2.50. The van der Waals surface area contributed by atoms with Crippen LogP contribution in [0.2, 0.25) is 0 Å². The van der Waals surface area contributed by atoms with Crippen molar-refractivity contribution in [2.45, 2.75) is 45.3 Å². The molecule has 0 aromatic heterocycles. The number of nitrogens with zero attached hydrogens (tertiary/aromatic N) is 2. The van der Waals surface area contributed by atoms with E-state index in [1.807, 2.05) is 50.1 Å². The Morgan fingerprint density at radius 2 is 1.60 bits per heavy atom. The molecule has 0 spiro atoms. The van der Waals surface area contributed by atoms with E-state index in [1.54, 1.807) is 0 Å². The fourth-order valence-electron chi connectivity index (χ4n) is 4.88. The predicted octanol–water partition coefficient (Wildman–Crippen LogP) is 4.54. The maximum Gasteiger partial charge on any atom is 0.210 e. The first-order valence-electron chi connectivity index (χ1n) is 11.4. The van der Waals surface area contributed by atoms with Crippen LogP contribution in [0.25, 0.3) is 0 Å². The largest absolute Gasteiger partial charge is 0.380 e. The number of piperidine rings is 3. The van der Waals surface area contributed by atoms with Crippen molar-refractivity contribution < 1.29 is 9.53 Å². The summed E-state index contributed by atoms with van der Waals surface area (Å²) >= 11 is 0. The van der Waals surface area contributed by atoms with Crippen LogP contribution < -0.4 is 0 Å². The van der Waals surface area contributed by atoms with E-state index in [4.69, 9.17) is 4.74 Å². The molecule has 3 fully saturated rings. The minimum absolute atomic E-state index is 0.0636. The molecule has 2 bridgehead atoms. The van der Waals surface area contributed by atoms with Gasteiger partial charge in [-0.3, -0.25) is 4.79 Å². The zero-order valence-corrected chi connectivity index (χ0v) is 18.7. The maximum atomic E-state index is 11.3. The van der Waals surface area contributed by atoms with E-state index < -0.39 is 0 Å². The van der Waals surface area contributed by atoms with Crippen molar-refractivity contribution in [3.05, 3.63) is 71.3 Å². The number of carbonyl (C=O) groups is 1. The Kier molecular flexibility index (Phi) is 8.47. The second kappa shape index (κ2) is 11.3. The van der Waals surface area contributed by atoms with Crippen LogP contribution in [0.15, 0.2) is 54.6 Å². The Morgan fingerprint density at radius 3 is 2.17 bits per heavy atom. The van der Waals surface area contributed by atoms with Gasteiger partial charge in [0.15, 0.2) is 0 Å². The smallest absolute Gasteiger partial charge is 0.210 e. The van der Waals surface area contributed by atoms with Crippen LogP contribution in [0.1, 0.15) is 49.4 Å². The van der Waals surface area contributed by atoms with Crippen molar-refractivity contribution in [2.24, 2.45) is 5.92 Å². The molecule has 2 aromatic carbocycles. The van der Waals surface area contributed by atoms with E-state index in [-0.39, 0.29) is 6.04 Å². The van der Waals surface area contributed by atoms with Gasteiger partial charge < -0.3 is 14.5 Å². The van der Waals surface area contributed by atoms with Gasteiger partial charge in [0.1, 0.15) is 0 Å². The third-order valence-corrected chi connectivity index (χ3v) is 6.47. The number of hydrogen-bond acceptors (Lipinski definition) is 3. The van der Waals surface area contributed by atoms with Crippen LogP contribution in [0.5, 0.6) is 0 Å². The first-order chi connectivity index (χ1) is 14.8. The molecular formula is C26H36N2O2. The van der Waals surface area contributed by atoms with E-state index in [0.29, 0.717) is 6.10 Å². The van der Waals surface area contributed by atoms with Gasteiger partial charge >= 0.3 is 0 Å². The molecule has 4 heteroatoms. The highest BCUT2D eigenvalue weighted by atomic mass is 16.5. The van der Waals surface area contributed by atoms with Crippen molar-refractivity contribution in [3.8, 4) is 0 Å². The highest BCUT2D eigenvalue weighted by Crippen LogP contribution is 2.33. The number of rotatable bonds is 3. The monoisotopic (exact) mass is 408 g/mol. The minimum Gasteiger partial charge on any atom is -0.380 e. The van der Waals surface area contributed by atoms with E-state index >= 15 is 0 Å². The van der Waals surface area contributed by atoms with Crippen molar-refractivity contribution in [1.29, 1.82) is 0 Å². The topological polar surface area (TPSA) is 32.8 Å². The second-order valence-corrected chi connectivity index (χ2v) is 8.02. The Hall–Kier alpha value is -2.17. The molecule has 1 amide bonds. The minimum atomic E-state index is 0.0636. The summed E-state index contributed by atoms with van der Waals surface area (Å²) in [5, 5.41) is 0. The van der Waals surface area contributed by atoms with Crippen molar-refractivity contribution in [1.82, 2.24) is 9.80 Å². The summed E-state index contributed by atoms with van der Waals surface area (Å²) < 4.78 is 5.38. The molecule has 1 unspecified atom stereocenters. The molecule has 30 heavy (non-hydrogen) atoms. The molecule has 4 nitrogen and oxygen atoms in total. The molecule has 4 aliphatic heterocycles. The fraction of sp³-hybridized carbons (Fsp3) is 0.500. The van der Waals surface area contributed by atoms with Crippen molar-refractivity contribution in [3.63, 3.8) is 0 Å². The molecule has 6 rings (SSSR count). The Balaban J connectivity index is 0.000000180. The molecule has 3 saturated heterocycles. The molecule has 2 atom stereocenters. The number of hydrogen-bond donors (Lipinski definition) is 0. The van der Waals surface area contributed by atoms with Gasteiger partial charge in [-0.25, -0.2) is 0 Å². The normalized spacial score (nSPS) is 26.4. The fourth-order valence-corrected chi connectivity index (χ4v) is 4.88. The molecule has 0 saturated carbocycles. The lowest BCUT2D eigenvalue weighted by molar-refractivity contribution is -0.119. The van der Waals surface area contributed by atoms with Crippen LogP contribution in [0, 0.1) is 5.92 Å². The van der Waals surface area contributed by atoms with Gasteiger partial charge in [0, 0.05) is 20.2 Å². The molecule has 0 aliphatic carbocycles. The molecule has 0 N–H and O–H groups in total. The summed E-state index contributed by atoms with van der Waals surface area (Å²) in [5.41, 5.74) is 3.78. The number of amides is 1. The highest BCUT2D eigenvalue weighted by molar-refractivity contribution is 5.54. The Morgan fingerprint density at radius 1 is 0.933 bits per heavy atom. The molecule has 2 aromatic rings. The first kappa shape index (κ1) is 22.5. The molecule has 162 valence electrons. The van der Waals surface area contributed by atoms with Crippen LogP contribution >= 0.6 is 0 Å². The lowest BCUT2D eigenvalue weighted by Gasteiger charge is -2.43. The maximum absolute atomic E-state index is 11.3. The zero-order chi connectivity index (χ0) is 21.3. The van der Waals surface area contributed by atoms with Gasteiger partial charge in [-0.2, -0.15) is 0 Å². The predicted molar refractivity (Wildman–Crippen MR) is 123 cm³/mol. The number of fused-ring (bicyclic) bond motifs is 4. The van der Waals surface area contributed by atoms with Crippen LogP contribution in [0.3, 0.4) is 0 Å². The van der Waals surface area contributed by atoms with Gasteiger partial charge in [0.2, 0.25) is 6.41 Å².